The van der Waals surface area contributed by atoms with Crippen LogP contribution in [0.15, 0.2) is 72.9 Å². The molecule has 1 aliphatic rings. The first-order chi connectivity index (χ1) is 14.1. The summed E-state index contributed by atoms with van der Waals surface area (Å²) in [6.45, 7) is 0.638. The number of nitrogens with zero attached hydrogens (tertiary/aromatic N) is 2. The Labute approximate surface area is 168 Å². The van der Waals surface area contributed by atoms with Crippen LogP contribution in [0.4, 0.5) is 0 Å². The molecular formula is C23H19N3O3. The monoisotopic (exact) mass is 385 g/mol. The van der Waals surface area contributed by atoms with E-state index in [0.717, 1.165) is 11.3 Å². The number of rotatable bonds is 6. The Balaban J connectivity index is 1.44. The standard InChI is InChI=1S/C23H19N3O3/c27-21(25-13-11-18-8-4-5-12-24-18)17-9-10-19-20(14-17)23(29)26(22(19)28)15-16-6-2-1-3-7-16/h1-10,12,14H,11,13,15H2,(H,25,27). The van der Waals surface area contributed by atoms with Crippen molar-refractivity contribution in [3.05, 3.63) is 101 Å². The number of carbonyl (C=O) groups is 3. The third-order valence-electron chi connectivity index (χ3n) is 4.81. The molecule has 0 unspecified atom stereocenters. The summed E-state index contributed by atoms with van der Waals surface area (Å²) >= 11 is 0. The van der Waals surface area contributed by atoms with E-state index in [4.69, 9.17) is 0 Å². The second kappa shape index (κ2) is 8.06. The first kappa shape index (κ1) is 18.6. The van der Waals surface area contributed by atoms with Crippen molar-refractivity contribution >= 4 is 17.7 Å². The number of pyridine rings is 1. The molecule has 0 atom stereocenters. The van der Waals surface area contributed by atoms with Crippen LogP contribution in [-0.2, 0) is 13.0 Å². The molecular weight excluding hydrogens is 366 g/mol. The zero-order chi connectivity index (χ0) is 20.2. The van der Waals surface area contributed by atoms with Gasteiger partial charge in [-0.1, -0.05) is 36.4 Å². The maximum atomic E-state index is 12.8. The van der Waals surface area contributed by atoms with E-state index in [2.05, 4.69) is 10.3 Å². The Morgan fingerprint density at radius 2 is 1.66 bits per heavy atom. The van der Waals surface area contributed by atoms with Crippen LogP contribution in [-0.4, -0.2) is 34.2 Å². The van der Waals surface area contributed by atoms with Crippen LogP contribution < -0.4 is 5.32 Å². The zero-order valence-electron chi connectivity index (χ0n) is 15.7. The lowest BCUT2D eigenvalue weighted by atomic mass is 10.1. The number of benzene rings is 2. The molecule has 0 saturated carbocycles. The van der Waals surface area contributed by atoms with E-state index < -0.39 is 0 Å². The molecule has 0 spiro atoms. The first-order valence-electron chi connectivity index (χ1n) is 9.36. The molecule has 1 N–H and O–H groups in total. The van der Waals surface area contributed by atoms with Crippen molar-refractivity contribution in [2.75, 3.05) is 6.54 Å². The van der Waals surface area contributed by atoms with Crippen LogP contribution in [0.5, 0.6) is 0 Å². The van der Waals surface area contributed by atoms with E-state index in [0.29, 0.717) is 24.1 Å². The lowest BCUT2D eigenvalue weighted by Gasteiger charge is -2.13. The Morgan fingerprint density at radius 1 is 0.897 bits per heavy atom. The van der Waals surface area contributed by atoms with Gasteiger partial charge < -0.3 is 5.32 Å². The number of nitrogens with one attached hydrogen (secondary N) is 1. The number of fused-ring (bicyclic) bond motifs is 1. The van der Waals surface area contributed by atoms with Gasteiger partial charge in [0, 0.05) is 30.4 Å². The molecule has 0 aliphatic carbocycles. The summed E-state index contributed by atoms with van der Waals surface area (Å²) < 4.78 is 0. The van der Waals surface area contributed by atoms with Crippen molar-refractivity contribution in [3.63, 3.8) is 0 Å². The quantitative estimate of drug-likeness (QED) is 0.662. The van der Waals surface area contributed by atoms with Gasteiger partial charge in [0.15, 0.2) is 0 Å². The highest BCUT2D eigenvalue weighted by Gasteiger charge is 2.35. The Hall–Kier alpha value is -3.80. The number of carbonyl (C=O) groups excluding carboxylic acids is 3. The topological polar surface area (TPSA) is 79.4 Å². The predicted molar refractivity (Wildman–Crippen MR) is 107 cm³/mol. The summed E-state index contributed by atoms with van der Waals surface area (Å²) in [5.41, 5.74) is 2.71. The SMILES string of the molecule is O=C(NCCc1ccccn1)c1ccc2c(c1)C(=O)N(Cc1ccccc1)C2=O. The molecule has 29 heavy (non-hydrogen) atoms. The fourth-order valence-electron chi connectivity index (χ4n) is 3.29. The molecule has 2 aromatic carbocycles. The summed E-state index contributed by atoms with van der Waals surface area (Å²) in [7, 11) is 0. The number of hydrogen-bond acceptors (Lipinski definition) is 4. The third-order valence-corrected chi connectivity index (χ3v) is 4.81. The minimum Gasteiger partial charge on any atom is -0.352 e. The first-order valence-corrected chi connectivity index (χ1v) is 9.36. The third kappa shape index (κ3) is 3.91. The summed E-state index contributed by atoms with van der Waals surface area (Å²) in [5, 5.41) is 2.83. The number of hydrogen-bond donors (Lipinski definition) is 1. The van der Waals surface area contributed by atoms with Gasteiger partial charge >= 0.3 is 0 Å². The highest BCUT2D eigenvalue weighted by Crippen LogP contribution is 2.25. The van der Waals surface area contributed by atoms with Gasteiger partial charge in [-0.05, 0) is 35.9 Å². The van der Waals surface area contributed by atoms with E-state index in [1.54, 1.807) is 18.3 Å². The molecule has 3 aromatic rings. The maximum absolute atomic E-state index is 12.8. The minimum absolute atomic E-state index is 0.207. The van der Waals surface area contributed by atoms with Gasteiger partial charge in [0.05, 0.1) is 17.7 Å². The molecule has 6 nitrogen and oxygen atoms in total. The van der Waals surface area contributed by atoms with Gasteiger partial charge in [-0.3, -0.25) is 24.3 Å². The van der Waals surface area contributed by atoms with Crippen LogP contribution in [0, 0.1) is 0 Å². The summed E-state index contributed by atoms with van der Waals surface area (Å²) in [4.78, 5) is 43.3. The van der Waals surface area contributed by atoms with Crippen LogP contribution in [0.25, 0.3) is 0 Å². The minimum atomic E-state index is -0.378. The van der Waals surface area contributed by atoms with E-state index >= 15 is 0 Å². The van der Waals surface area contributed by atoms with Gasteiger partial charge in [0.1, 0.15) is 0 Å². The van der Waals surface area contributed by atoms with E-state index in [-0.39, 0.29) is 29.8 Å². The summed E-state index contributed by atoms with van der Waals surface area (Å²) in [5.74, 6) is -1.00. The molecule has 2 heterocycles. The summed E-state index contributed by atoms with van der Waals surface area (Å²) in [6.07, 6.45) is 2.32. The second-order valence-electron chi connectivity index (χ2n) is 6.77. The Kier molecular flexibility index (Phi) is 5.16. The number of amides is 3. The van der Waals surface area contributed by atoms with Crippen LogP contribution in [0.2, 0.25) is 0 Å². The van der Waals surface area contributed by atoms with E-state index in [9.17, 15) is 14.4 Å². The number of imide groups is 1. The van der Waals surface area contributed by atoms with E-state index in [1.165, 1.54) is 11.0 Å². The molecule has 1 aromatic heterocycles. The van der Waals surface area contributed by atoms with Gasteiger partial charge in [0.25, 0.3) is 17.7 Å². The fourth-order valence-corrected chi connectivity index (χ4v) is 3.29. The molecule has 0 saturated heterocycles. The van der Waals surface area contributed by atoms with Crippen molar-refractivity contribution in [1.82, 2.24) is 15.2 Å². The average Bonchev–Trinajstić information content (AvgIpc) is 2.99. The lowest BCUT2D eigenvalue weighted by molar-refractivity contribution is 0.0642. The highest BCUT2D eigenvalue weighted by molar-refractivity contribution is 6.22. The van der Waals surface area contributed by atoms with Gasteiger partial charge in [0.2, 0.25) is 0 Å². The average molecular weight is 385 g/mol. The molecule has 4 rings (SSSR count). The number of aromatic nitrogens is 1. The van der Waals surface area contributed by atoms with Gasteiger partial charge in [-0.25, -0.2) is 0 Å². The molecule has 6 heteroatoms. The van der Waals surface area contributed by atoms with Crippen molar-refractivity contribution in [2.45, 2.75) is 13.0 Å². The maximum Gasteiger partial charge on any atom is 0.261 e. The highest BCUT2D eigenvalue weighted by atomic mass is 16.2. The van der Waals surface area contributed by atoms with Crippen molar-refractivity contribution in [2.24, 2.45) is 0 Å². The summed E-state index contributed by atoms with van der Waals surface area (Å²) in [6, 6.07) is 19.6. The van der Waals surface area contributed by atoms with Crippen molar-refractivity contribution < 1.29 is 14.4 Å². The molecule has 3 amide bonds. The zero-order valence-corrected chi connectivity index (χ0v) is 15.7. The second-order valence-corrected chi connectivity index (χ2v) is 6.77. The molecule has 0 fully saturated rings. The Bertz CT molecular complexity index is 1070. The largest absolute Gasteiger partial charge is 0.352 e. The molecule has 144 valence electrons. The molecule has 1 aliphatic heterocycles. The van der Waals surface area contributed by atoms with Gasteiger partial charge in [-0.2, -0.15) is 0 Å². The van der Waals surface area contributed by atoms with Crippen molar-refractivity contribution in [3.8, 4) is 0 Å². The van der Waals surface area contributed by atoms with E-state index in [1.807, 2.05) is 48.5 Å². The predicted octanol–water partition coefficient (Wildman–Crippen LogP) is 2.85. The van der Waals surface area contributed by atoms with Gasteiger partial charge in [-0.15, -0.1) is 0 Å². The normalized spacial score (nSPS) is 12.8. The van der Waals surface area contributed by atoms with Crippen LogP contribution >= 0.6 is 0 Å². The van der Waals surface area contributed by atoms with Crippen molar-refractivity contribution in [1.29, 1.82) is 0 Å². The molecule has 0 bridgehead atoms. The van der Waals surface area contributed by atoms with Crippen LogP contribution in [0.3, 0.4) is 0 Å². The lowest BCUT2D eigenvalue weighted by Crippen LogP contribution is -2.29. The fraction of sp³-hybridized carbons (Fsp3) is 0.130. The molecule has 0 radical (unpaired) electrons. The van der Waals surface area contributed by atoms with Crippen LogP contribution in [0.1, 0.15) is 42.3 Å². The smallest absolute Gasteiger partial charge is 0.261 e. The Morgan fingerprint density at radius 3 is 2.41 bits per heavy atom.